The van der Waals surface area contributed by atoms with Gasteiger partial charge in [0.15, 0.2) is 11.5 Å². The molecule has 1 fully saturated rings. The summed E-state index contributed by atoms with van der Waals surface area (Å²) in [5, 5.41) is -0.182. The first kappa shape index (κ1) is 17.7. The summed E-state index contributed by atoms with van der Waals surface area (Å²) >= 11 is 10.7. The fraction of sp³-hybridized carbons (Fsp3) is 0.222. The Kier molecular flexibility index (Phi) is 4.86. The van der Waals surface area contributed by atoms with Gasteiger partial charge in [-0.15, -0.1) is 0 Å². The van der Waals surface area contributed by atoms with Crippen molar-refractivity contribution in [2.45, 2.75) is 18.2 Å². The number of carbonyl (C=O) groups is 2. The number of halogens is 2. The highest BCUT2D eigenvalue weighted by molar-refractivity contribution is 9.10. The minimum Gasteiger partial charge on any atom is -0.454 e. The van der Waals surface area contributed by atoms with Crippen LogP contribution in [0.25, 0.3) is 0 Å². The molecule has 0 saturated carbocycles. The van der Waals surface area contributed by atoms with Crippen molar-refractivity contribution < 1.29 is 19.1 Å². The average Bonchev–Trinajstić information content (AvgIpc) is 3.16. The molecular weight excluding hydrogens is 442 g/mol. The lowest BCUT2D eigenvalue weighted by atomic mass is 10.1. The number of benzene rings is 2. The Hall–Kier alpha value is -1.70. The molecule has 0 N–H and O–H groups in total. The van der Waals surface area contributed by atoms with Gasteiger partial charge in [0.25, 0.3) is 5.24 Å². The maximum absolute atomic E-state index is 12.8. The monoisotopic (exact) mass is 453 g/mol. The second kappa shape index (κ2) is 7.13. The van der Waals surface area contributed by atoms with E-state index in [2.05, 4.69) is 15.9 Å². The predicted molar refractivity (Wildman–Crippen MR) is 103 cm³/mol. The summed E-state index contributed by atoms with van der Waals surface area (Å²) in [5.74, 6) is 1.12. The summed E-state index contributed by atoms with van der Waals surface area (Å²) in [6.07, 6.45) is 0.422. The van der Waals surface area contributed by atoms with Gasteiger partial charge in [-0.3, -0.25) is 14.5 Å². The largest absolute Gasteiger partial charge is 0.454 e. The molecule has 0 radical (unpaired) electrons. The molecule has 5 nitrogen and oxygen atoms in total. The minimum atomic E-state index is -0.471. The molecule has 2 aliphatic rings. The third kappa shape index (κ3) is 3.31. The first-order valence-electron chi connectivity index (χ1n) is 7.86. The number of carbonyl (C=O) groups excluding carboxylic acids is 2. The smallest absolute Gasteiger partial charge is 0.289 e. The molecule has 1 atom stereocenters. The molecule has 2 aromatic rings. The van der Waals surface area contributed by atoms with Crippen LogP contribution in [0.15, 0.2) is 40.9 Å². The average molecular weight is 455 g/mol. The number of thioether (sulfide) groups is 1. The molecule has 0 spiro atoms. The summed E-state index contributed by atoms with van der Waals surface area (Å²) in [7, 11) is 0. The molecule has 0 aromatic heterocycles. The molecule has 0 aliphatic carbocycles. The van der Waals surface area contributed by atoms with E-state index in [0.29, 0.717) is 22.9 Å². The Balaban J connectivity index is 1.52. The predicted octanol–water partition coefficient (Wildman–Crippen LogP) is 4.64. The Morgan fingerprint density at radius 1 is 1.15 bits per heavy atom. The number of nitrogens with zero attached hydrogens (tertiary/aromatic N) is 1. The molecule has 26 heavy (non-hydrogen) atoms. The van der Waals surface area contributed by atoms with E-state index >= 15 is 0 Å². The summed E-state index contributed by atoms with van der Waals surface area (Å²) < 4.78 is 11.6. The highest BCUT2D eigenvalue weighted by Gasteiger charge is 2.40. The van der Waals surface area contributed by atoms with E-state index in [-0.39, 0.29) is 24.5 Å². The molecule has 1 saturated heterocycles. The lowest BCUT2D eigenvalue weighted by Crippen LogP contribution is -2.31. The number of hydrogen-bond donors (Lipinski definition) is 0. The van der Waals surface area contributed by atoms with Gasteiger partial charge in [-0.1, -0.05) is 57.5 Å². The standard InChI is InChI=1S/C18H13BrClNO4S/c19-12-7-15-14(24-9-25-15)5-11(12)6-16-17(22)21(18(23)26-16)8-10-3-1-2-4-13(10)20/h1-5,7,16H,6,8-9H2/t16-/m0/s1. The molecule has 2 heterocycles. The van der Waals surface area contributed by atoms with Crippen molar-refractivity contribution >= 4 is 50.4 Å². The van der Waals surface area contributed by atoms with Gasteiger partial charge < -0.3 is 9.47 Å². The highest BCUT2D eigenvalue weighted by atomic mass is 79.9. The van der Waals surface area contributed by atoms with Gasteiger partial charge in [-0.2, -0.15) is 0 Å². The van der Waals surface area contributed by atoms with Gasteiger partial charge in [0.1, 0.15) is 0 Å². The number of imide groups is 1. The Labute approximate surface area is 167 Å². The second-order valence-corrected chi connectivity index (χ2v) is 8.30. The zero-order valence-corrected chi connectivity index (χ0v) is 16.6. The lowest BCUT2D eigenvalue weighted by Gasteiger charge is -2.15. The van der Waals surface area contributed by atoms with E-state index in [1.54, 1.807) is 6.07 Å². The first-order chi connectivity index (χ1) is 12.5. The molecule has 2 amide bonds. The molecule has 2 aliphatic heterocycles. The summed E-state index contributed by atoms with van der Waals surface area (Å²) in [5.41, 5.74) is 1.65. The van der Waals surface area contributed by atoms with Crippen molar-refractivity contribution in [3.63, 3.8) is 0 Å². The molecule has 0 unspecified atom stereocenters. The van der Waals surface area contributed by atoms with Crippen molar-refractivity contribution in [3.05, 3.63) is 57.0 Å². The van der Waals surface area contributed by atoms with Crippen LogP contribution in [-0.4, -0.2) is 28.1 Å². The van der Waals surface area contributed by atoms with Crippen molar-refractivity contribution in [2.75, 3.05) is 6.79 Å². The fourth-order valence-electron chi connectivity index (χ4n) is 2.88. The maximum Gasteiger partial charge on any atom is 0.289 e. The molecule has 2 aromatic carbocycles. The van der Waals surface area contributed by atoms with Crippen LogP contribution in [0.1, 0.15) is 11.1 Å². The summed E-state index contributed by atoms with van der Waals surface area (Å²) in [6, 6.07) is 10.9. The zero-order chi connectivity index (χ0) is 18.3. The quantitative estimate of drug-likeness (QED) is 0.674. The van der Waals surface area contributed by atoms with Crippen LogP contribution in [0.3, 0.4) is 0 Å². The molecule has 0 bridgehead atoms. The van der Waals surface area contributed by atoms with Gasteiger partial charge in [-0.05, 0) is 35.7 Å². The number of amides is 2. The van der Waals surface area contributed by atoms with Crippen molar-refractivity contribution in [1.82, 2.24) is 4.90 Å². The van der Waals surface area contributed by atoms with Crippen LogP contribution in [0.2, 0.25) is 5.02 Å². The topological polar surface area (TPSA) is 55.8 Å². The summed E-state index contributed by atoms with van der Waals surface area (Å²) in [4.78, 5) is 26.4. The van der Waals surface area contributed by atoms with E-state index in [0.717, 1.165) is 27.4 Å². The van der Waals surface area contributed by atoms with E-state index in [1.165, 1.54) is 4.90 Å². The summed E-state index contributed by atoms with van der Waals surface area (Å²) in [6.45, 7) is 0.371. The van der Waals surface area contributed by atoms with Crippen molar-refractivity contribution in [3.8, 4) is 11.5 Å². The van der Waals surface area contributed by atoms with Crippen LogP contribution >= 0.6 is 39.3 Å². The van der Waals surface area contributed by atoms with Crippen molar-refractivity contribution in [1.29, 1.82) is 0 Å². The number of fused-ring (bicyclic) bond motifs is 1. The molecular formula is C18H13BrClNO4S. The van der Waals surface area contributed by atoms with Crippen LogP contribution in [-0.2, 0) is 17.8 Å². The van der Waals surface area contributed by atoms with Crippen LogP contribution in [0, 0.1) is 0 Å². The third-order valence-corrected chi connectivity index (χ3v) is 6.42. The van der Waals surface area contributed by atoms with E-state index in [4.69, 9.17) is 21.1 Å². The second-order valence-electron chi connectivity index (χ2n) is 5.89. The number of ether oxygens (including phenoxy) is 2. The van der Waals surface area contributed by atoms with E-state index in [9.17, 15) is 9.59 Å². The normalized spacial score (nSPS) is 18.7. The van der Waals surface area contributed by atoms with Gasteiger partial charge in [-0.25, -0.2) is 0 Å². The van der Waals surface area contributed by atoms with Gasteiger partial charge in [0.05, 0.1) is 11.8 Å². The fourth-order valence-corrected chi connectivity index (χ4v) is 4.58. The number of hydrogen-bond acceptors (Lipinski definition) is 5. The maximum atomic E-state index is 12.8. The van der Waals surface area contributed by atoms with Crippen LogP contribution in [0.4, 0.5) is 4.79 Å². The van der Waals surface area contributed by atoms with E-state index in [1.807, 2.05) is 30.3 Å². The van der Waals surface area contributed by atoms with Crippen LogP contribution in [0.5, 0.6) is 11.5 Å². The van der Waals surface area contributed by atoms with E-state index < -0.39 is 5.25 Å². The molecule has 134 valence electrons. The highest BCUT2D eigenvalue weighted by Crippen LogP contribution is 2.39. The third-order valence-electron chi connectivity index (χ3n) is 4.24. The van der Waals surface area contributed by atoms with Gasteiger partial charge in [0, 0.05) is 9.50 Å². The SMILES string of the molecule is O=C1S[C@@H](Cc2cc3c(cc2Br)OCO3)C(=O)N1Cc1ccccc1Cl. The zero-order valence-electron chi connectivity index (χ0n) is 13.4. The Morgan fingerprint density at radius 3 is 2.65 bits per heavy atom. The lowest BCUT2D eigenvalue weighted by molar-refractivity contribution is -0.127. The van der Waals surface area contributed by atoms with Gasteiger partial charge in [0.2, 0.25) is 12.7 Å². The van der Waals surface area contributed by atoms with Gasteiger partial charge >= 0.3 is 0 Å². The molecule has 4 rings (SSSR count). The first-order valence-corrected chi connectivity index (χ1v) is 9.91. The van der Waals surface area contributed by atoms with Crippen LogP contribution < -0.4 is 9.47 Å². The number of rotatable bonds is 4. The van der Waals surface area contributed by atoms with Crippen molar-refractivity contribution in [2.24, 2.45) is 0 Å². The Bertz CT molecular complexity index is 907. The Morgan fingerprint density at radius 2 is 1.88 bits per heavy atom. The minimum absolute atomic E-state index is 0.184. The molecule has 8 heteroatoms.